The van der Waals surface area contributed by atoms with Crippen LogP contribution in [-0.2, 0) is 9.59 Å². The van der Waals surface area contributed by atoms with Crippen LogP contribution in [0.5, 0.6) is 5.75 Å². The predicted octanol–water partition coefficient (Wildman–Crippen LogP) is 4.85. The van der Waals surface area contributed by atoms with E-state index >= 15 is 0 Å². The molecule has 0 saturated heterocycles. The summed E-state index contributed by atoms with van der Waals surface area (Å²) in [5, 5.41) is 17.4. The third-order valence-corrected chi connectivity index (χ3v) is 6.28. The number of hydrogen-bond donors (Lipinski definition) is 2. The maximum absolute atomic E-state index is 13.6. The van der Waals surface area contributed by atoms with Gasteiger partial charge in [0.1, 0.15) is 5.75 Å². The molecule has 1 heterocycles. The molecule has 0 radical (unpaired) electrons. The molecule has 0 fully saturated rings. The Kier molecular flexibility index (Phi) is 6.00. The Balaban J connectivity index is 1.81. The molecule has 1 aliphatic carbocycles. The summed E-state index contributed by atoms with van der Waals surface area (Å²) >= 11 is 0. The Morgan fingerprint density at radius 1 is 1.15 bits per heavy atom. The van der Waals surface area contributed by atoms with Crippen LogP contribution in [0, 0.1) is 15.5 Å². The van der Waals surface area contributed by atoms with Crippen molar-refractivity contribution >= 4 is 23.1 Å². The standard InChI is InChI=1S/C26H27N3O5/c1-15-22(25(31)28-18-7-5-6-8-21(18)34-4)23(16-9-11-17(12-10-16)29(32)33)24-19(27-15)13-26(2,3)14-20(24)30/h5-12,23,27H,13-14H2,1-4H3,(H,28,31). The Bertz CT molecular complexity index is 1240. The summed E-state index contributed by atoms with van der Waals surface area (Å²) in [7, 11) is 1.52. The molecule has 1 amide bonds. The van der Waals surface area contributed by atoms with E-state index in [1.165, 1.54) is 19.2 Å². The van der Waals surface area contributed by atoms with Gasteiger partial charge in [-0.3, -0.25) is 19.7 Å². The van der Waals surface area contributed by atoms with Gasteiger partial charge in [0.2, 0.25) is 0 Å². The summed E-state index contributed by atoms with van der Waals surface area (Å²) in [6.07, 6.45) is 1.02. The Morgan fingerprint density at radius 3 is 2.47 bits per heavy atom. The number of non-ortho nitro benzene ring substituents is 1. The molecule has 1 atom stereocenters. The van der Waals surface area contributed by atoms with Crippen LogP contribution in [-0.4, -0.2) is 23.7 Å². The number of allylic oxidation sites excluding steroid dienone is 3. The quantitative estimate of drug-likeness (QED) is 0.487. The van der Waals surface area contributed by atoms with Crippen LogP contribution in [0.15, 0.2) is 71.1 Å². The van der Waals surface area contributed by atoms with E-state index < -0.39 is 10.8 Å². The number of anilines is 1. The average molecular weight is 462 g/mol. The molecule has 0 bridgehead atoms. The number of carbonyl (C=O) groups is 2. The molecule has 1 unspecified atom stereocenters. The fraction of sp³-hybridized carbons (Fsp3) is 0.308. The molecular weight excluding hydrogens is 434 g/mol. The van der Waals surface area contributed by atoms with Gasteiger partial charge in [0, 0.05) is 47.0 Å². The van der Waals surface area contributed by atoms with Crippen molar-refractivity contribution in [3.05, 3.63) is 86.7 Å². The number of ketones is 1. The summed E-state index contributed by atoms with van der Waals surface area (Å²) in [5.41, 5.74) is 3.28. The minimum absolute atomic E-state index is 0.0304. The summed E-state index contributed by atoms with van der Waals surface area (Å²) in [6.45, 7) is 5.89. The number of Topliss-reactive ketones (excluding diaryl/α,β-unsaturated/α-hetero) is 1. The maximum Gasteiger partial charge on any atom is 0.269 e. The number of nitrogens with one attached hydrogen (secondary N) is 2. The number of ether oxygens (including phenoxy) is 1. The van der Waals surface area contributed by atoms with E-state index in [9.17, 15) is 19.7 Å². The molecule has 176 valence electrons. The van der Waals surface area contributed by atoms with Crippen molar-refractivity contribution < 1.29 is 19.2 Å². The van der Waals surface area contributed by atoms with Gasteiger partial charge in [0.05, 0.1) is 17.7 Å². The van der Waals surface area contributed by atoms with Gasteiger partial charge in [-0.1, -0.05) is 38.1 Å². The average Bonchev–Trinajstić information content (AvgIpc) is 2.77. The first-order valence-corrected chi connectivity index (χ1v) is 11.0. The third kappa shape index (κ3) is 4.31. The molecule has 2 aromatic rings. The van der Waals surface area contributed by atoms with Crippen LogP contribution in [0.4, 0.5) is 11.4 Å². The third-order valence-electron chi connectivity index (χ3n) is 6.28. The minimum atomic E-state index is -0.643. The van der Waals surface area contributed by atoms with E-state index in [-0.39, 0.29) is 22.8 Å². The zero-order chi connectivity index (χ0) is 24.6. The van der Waals surface area contributed by atoms with Crippen molar-refractivity contribution in [3.63, 3.8) is 0 Å². The smallest absolute Gasteiger partial charge is 0.269 e. The number of hydrogen-bond acceptors (Lipinski definition) is 6. The van der Waals surface area contributed by atoms with Gasteiger partial charge in [-0.25, -0.2) is 0 Å². The number of amides is 1. The van der Waals surface area contributed by atoms with Crippen LogP contribution in [0.25, 0.3) is 0 Å². The number of nitrogens with zero attached hydrogens (tertiary/aromatic N) is 1. The fourth-order valence-corrected chi connectivity index (χ4v) is 4.80. The molecule has 1 aliphatic heterocycles. The predicted molar refractivity (Wildman–Crippen MR) is 128 cm³/mol. The Hall–Kier alpha value is -3.94. The van der Waals surface area contributed by atoms with Gasteiger partial charge >= 0.3 is 0 Å². The molecule has 34 heavy (non-hydrogen) atoms. The van der Waals surface area contributed by atoms with Crippen LogP contribution in [0.2, 0.25) is 0 Å². The van der Waals surface area contributed by atoms with Crippen molar-refractivity contribution in [3.8, 4) is 5.75 Å². The van der Waals surface area contributed by atoms with Crippen molar-refractivity contribution in [1.82, 2.24) is 5.32 Å². The molecule has 0 spiro atoms. The Morgan fingerprint density at radius 2 is 1.82 bits per heavy atom. The van der Waals surface area contributed by atoms with E-state index in [0.717, 1.165) is 5.70 Å². The molecule has 4 rings (SSSR count). The van der Waals surface area contributed by atoms with E-state index in [2.05, 4.69) is 10.6 Å². The number of para-hydroxylation sites is 2. The summed E-state index contributed by atoms with van der Waals surface area (Å²) in [5.74, 6) is -0.533. The number of nitro groups is 1. The first-order chi connectivity index (χ1) is 16.1. The lowest BCUT2D eigenvalue weighted by Crippen LogP contribution is -2.39. The minimum Gasteiger partial charge on any atom is -0.495 e. The summed E-state index contributed by atoms with van der Waals surface area (Å²) in [6, 6.07) is 13.1. The van der Waals surface area contributed by atoms with Crippen LogP contribution in [0.3, 0.4) is 0 Å². The lowest BCUT2D eigenvalue weighted by Gasteiger charge is -2.39. The number of dihydropyridines is 1. The molecule has 2 N–H and O–H groups in total. The zero-order valence-corrected chi connectivity index (χ0v) is 19.6. The van der Waals surface area contributed by atoms with E-state index in [0.29, 0.717) is 46.7 Å². The highest BCUT2D eigenvalue weighted by Crippen LogP contribution is 2.47. The second kappa shape index (κ2) is 8.78. The topological polar surface area (TPSA) is 111 Å². The van der Waals surface area contributed by atoms with Crippen LogP contribution in [0.1, 0.15) is 45.1 Å². The number of rotatable bonds is 5. The van der Waals surface area contributed by atoms with Gasteiger partial charge in [-0.05, 0) is 36.5 Å². The fourth-order valence-electron chi connectivity index (χ4n) is 4.80. The highest BCUT2D eigenvalue weighted by molar-refractivity contribution is 6.10. The highest BCUT2D eigenvalue weighted by atomic mass is 16.6. The number of nitro benzene ring substituents is 1. The van der Waals surface area contributed by atoms with Gasteiger partial charge in [-0.15, -0.1) is 0 Å². The molecule has 0 aromatic heterocycles. The molecule has 0 saturated carbocycles. The van der Waals surface area contributed by atoms with Crippen molar-refractivity contribution in [2.75, 3.05) is 12.4 Å². The van der Waals surface area contributed by atoms with Crippen molar-refractivity contribution in [1.29, 1.82) is 0 Å². The summed E-state index contributed by atoms with van der Waals surface area (Å²) < 4.78 is 5.36. The lowest BCUT2D eigenvalue weighted by molar-refractivity contribution is -0.384. The van der Waals surface area contributed by atoms with Crippen LogP contribution >= 0.6 is 0 Å². The second-order valence-corrected chi connectivity index (χ2v) is 9.43. The van der Waals surface area contributed by atoms with E-state index in [4.69, 9.17) is 4.74 Å². The Labute approximate surface area is 197 Å². The number of methoxy groups -OCH3 is 1. The maximum atomic E-state index is 13.6. The molecular formula is C26H27N3O5. The molecule has 2 aliphatic rings. The van der Waals surface area contributed by atoms with Crippen molar-refractivity contribution in [2.45, 2.75) is 39.5 Å². The molecule has 2 aromatic carbocycles. The first-order valence-electron chi connectivity index (χ1n) is 11.0. The number of carbonyl (C=O) groups excluding carboxylic acids is 2. The molecule has 8 nitrogen and oxygen atoms in total. The monoisotopic (exact) mass is 461 g/mol. The SMILES string of the molecule is COc1ccccc1NC(=O)C1=C(C)NC2=C(C(=O)CC(C)(C)C2)C1c1ccc([N+](=O)[O-])cc1. The summed E-state index contributed by atoms with van der Waals surface area (Å²) in [4.78, 5) is 37.7. The van der Waals surface area contributed by atoms with Gasteiger partial charge in [0.15, 0.2) is 5.78 Å². The second-order valence-electron chi connectivity index (χ2n) is 9.43. The van der Waals surface area contributed by atoms with Gasteiger partial charge in [0.25, 0.3) is 11.6 Å². The largest absolute Gasteiger partial charge is 0.495 e. The van der Waals surface area contributed by atoms with E-state index in [1.54, 1.807) is 36.4 Å². The lowest BCUT2D eigenvalue weighted by atomic mass is 9.68. The molecule has 8 heteroatoms. The zero-order valence-electron chi connectivity index (χ0n) is 19.6. The first kappa shape index (κ1) is 23.2. The normalized spacial score (nSPS) is 19.3. The van der Waals surface area contributed by atoms with E-state index in [1.807, 2.05) is 20.8 Å². The highest BCUT2D eigenvalue weighted by Gasteiger charge is 2.42. The van der Waals surface area contributed by atoms with Crippen molar-refractivity contribution in [2.24, 2.45) is 5.41 Å². The van der Waals surface area contributed by atoms with Crippen LogP contribution < -0.4 is 15.4 Å². The van der Waals surface area contributed by atoms with Gasteiger partial charge < -0.3 is 15.4 Å². The van der Waals surface area contributed by atoms with Gasteiger partial charge in [-0.2, -0.15) is 0 Å². The number of benzene rings is 2.